The van der Waals surface area contributed by atoms with E-state index >= 15 is 0 Å². The van der Waals surface area contributed by atoms with Crippen LogP contribution in [0, 0.1) is 11.8 Å². The molecular weight excluding hydrogens is 482 g/mol. The maximum absolute atomic E-state index is 12.7. The van der Waals surface area contributed by atoms with Crippen molar-refractivity contribution in [3.63, 3.8) is 0 Å². The molecular formula is C29H29N5O4. The molecule has 5 rings (SSSR count). The van der Waals surface area contributed by atoms with Crippen LogP contribution in [0.1, 0.15) is 25.7 Å². The summed E-state index contributed by atoms with van der Waals surface area (Å²) >= 11 is 0. The summed E-state index contributed by atoms with van der Waals surface area (Å²) in [5.74, 6) is 0.314. The second kappa shape index (κ2) is 11.8. The van der Waals surface area contributed by atoms with Crippen LogP contribution in [0.5, 0.6) is 5.75 Å². The van der Waals surface area contributed by atoms with E-state index in [0.717, 1.165) is 37.1 Å². The lowest BCUT2D eigenvalue weighted by molar-refractivity contribution is -0.138. The molecule has 9 nitrogen and oxygen atoms in total. The largest absolute Gasteiger partial charge is 0.492 e. The summed E-state index contributed by atoms with van der Waals surface area (Å²) < 4.78 is 5.99. The minimum Gasteiger partial charge on any atom is -0.492 e. The zero-order valence-electron chi connectivity index (χ0n) is 21.0. The average molecular weight is 512 g/mol. The molecule has 1 N–H and O–H groups in total. The number of hydrogen-bond acceptors (Lipinski definition) is 7. The molecule has 3 amide bonds. The van der Waals surface area contributed by atoms with Crippen LogP contribution in [0.4, 0.5) is 0 Å². The van der Waals surface area contributed by atoms with Crippen molar-refractivity contribution in [1.82, 2.24) is 25.2 Å². The molecule has 38 heavy (non-hydrogen) atoms. The van der Waals surface area contributed by atoms with Crippen LogP contribution in [0.15, 0.2) is 73.1 Å². The molecule has 1 aliphatic heterocycles. The fourth-order valence-electron chi connectivity index (χ4n) is 4.84. The number of rotatable bonds is 9. The van der Waals surface area contributed by atoms with E-state index in [-0.39, 0.29) is 29.6 Å². The number of hydrogen-bond donors (Lipinski definition) is 1. The van der Waals surface area contributed by atoms with Gasteiger partial charge in [0.2, 0.25) is 5.91 Å². The first-order valence-corrected chi connectivity index (χ1v) is 12.9. The van der Waals surface area contributed by atoms with Crippen LogP contribution in [0.2, 0.25) is 0 Å². The van der Waals surface area contributed by atoms with Crippen molar-refractivity contribution in [2.24, 2.45) is 11.8 Å². The number of amides is 3. The van der Waals surface area contributed by atoms with Gasteiger partial charge in [-0.05, 0) is 55.9 Å². The van der Waals surface area contributed by atoms with E-state index in [0.29, 0.717) is 36.8 Å². The van der Waals surface area contributed by atoms with E-state index in [9.17, 15) is 14.4 Å². The lowest BCUT2D eigenvalue weighted by atomic mass is 9.81. The predicted molar refractivity (Wildman–Crippen MR) is 141 cm³/mol. The Bertz CT molecular complexity index is 1250. The second-order valence-electron chi connectivity index (χ2n) is 9.48. The Morgan fingerprint density at radius 2 is 1.47 bits per heavy atom. The summed E-state index contributed by atoms with van der Waals surface area (Å²) in [6.07, 6.45) is 9.18. The number of nitrogens with zero attached hydrogens (tertiary/aromatic N) is 4. The van der Waals surface area contributed by atoms with Gasteiger partial charge in [-0.15, -0.1) is 0 Å². The monoisotopic (exact) mass is 511 g/mol. The smallest absolute Gasteiger partial charge is 0.253 e. The van der Waals surface area contributed by atoms with Crippen molar-refractivity contribution in [1.29, 1.82) is 0 Å². The minimum atomic E-state index is -0.247. The molecule has 0 aromatic carbocycles. The molecule has 4 heterocycles. The topological polar surface area (TPSA) is 114 Å². The summed E-state index contributed by atoms with van der Waals surface area (Å²) in [5.41, 5.74) is 2.82. The Labute approximate surface area is 221 Å². The molecule has 1 saturated carbocycles. The number of carbonyl (C=O) groups excluding carboxylic acids is 3. The lowest BCUT2D eigenvalue weighted by Crippen LogP contribution is -2.39. The Balaban J connectivity index is 1.13. The van der Waals surface area contributed by atoms with Gasteiger partial charge >= 0.3 is 0 Å². The number of pyridine rings is 3. The van der Waals surface area contributed by atoms with E-state index in [1.165, 1.54) is 17.1 Å². The molecule has 3 aromatic rings. The van der Waals surface area contributed by atoms with Gasteiger partial charge in [-0.3, -0.25) is 29.3 Å². The third-order valence-corrected chi connectivity index (χ3v) is 6.88. The molecule has 0 saturated heterocycles. The fourth-order valence-corrected chi connectivity index (χ4v) is 4.84. The van der Waals surface area contributed by atoms with Gasteiger partial charge in [0.05, 0.1) is 29.3 Å². The highest BCUT2D eigenvalue weighted by Gasteiger charge is 2.31. The summed E-state index contributed by atoms with van der Waals surface area (Å²) in [6.45, 7) is 1.11. The standard InChI is InChI=1S/C29H29N5O4/c35-27-11-12-28(36)34(27)19-20-7-9-21(10-8-20)29(37)32-15-16-38-22-17-25(23-5-1-3-13-30-23)33-26(18-22)24-6-2-4-14-31-24/h1-6,11-14,17-18,20-21H,7-10,15-16,19H2,(H,32,37). The number of imide groups is 1. The highest BCUT2D eigenvalue weighted by molar-refractivity contribution is 6.12. The predicted octanol–water partition coefficient (Wildman–Crippen LogP) is 3.43. The lowest BCUT2D eigenvalue weighted by Gasteiger charge is -2.30. The van der Waals surface area contributed by atoms with Crippen molar-refractivity contribution in [2.45, 2.75) is 25.7 Å². The normalized spacial score (nSPS) is 19.0. The Morgan fingerprint density at radius 3 is 2.03 bits per heavy atom. The summed E-state index contributed by atoms with van der Waals surface area (Å²) in [5, 5.41) is 2.98. The highest BCUT2D eigenvalue weighted by Crippen LogP contribution is 2.30. The van der Waals surface area contributed by atoms with E-state index in [1.807, 2.05) is 48.5 Å². The minimum absolute atomic E-state index is 0.0140. The first-order chi connectivity index (χ1) is 18.6. The van der Waals surface area contributed by atoms with Crippen molar-refractivity contribution in [3.8, 4) is 28.5 Å². The molecule has 2 aliphatic rings. The molecule has 0 unspecified atom stereocenters. The molecule has 194 valence electrons. The van der Waals surface area contributed by atoms with Crippen LogP contribution >= 0.6 is 0 Å². The number of nitrogens with one attached hydrogen (secondary N) is 1. The van der Waals surface area contributed by atoms with Gasteiger partial charge in [0, 0.05) is 49.1 Å². The van der Waals surface area contributed by atoms with Crippen molar-refractivity contribution < 1.29 is 19.1 Å². The number of ether oxygens (including phenoxy) is 1. The van der Waals surface area contributed by atoms with Crippen molar-refractivity contribution in [3.05, 3.63) is 73.1 Å². The van der Waals surface area contributed by atoms with Crippen molar-refractivity contribution in [2.75, 3.05) is 19.7 Å². The summed E-state index contributed by atoms with van der Waals surface area (Å²) in [6, 6.07) is 15.0. The molecule has 0 spiro atoms. The average Bonchev–Trinajstić information content (AvgIpc) is 3.28. The first-order valence-electron chi connectivity index (χ1n) is 12.9. The molecule has 3 aromatic heterocycles. The van der Waals surface area contributed by atoms with Gasteiger partial charge in [0.1, 0.15) is 12.4 Å². The summed E-state index contributed by atoms with van der Waals surface area (Å²) in [7, 11) is 0. The van der Waals surface area contributed by atoms with E-state index < -0.39 is 0 Å². The van der Waals surface area contributed by atoms with Gasteiger partial charge in [-0.2, -0.15) is 0 Å². The van der Waals surface area contributed by atoms with Crippen molar-refractivity contribution >= 4 is 17.7 Å². The fraction of sp³-hybridized carbons (Fsp3) is 0.310. The zero-order chi connectivity index (χ0) is 26.3. The van der Waals surface area contributed by atoms with Gasteiger partial charge in [0.25, 0.3) is 11.8 Å². The molecule has 1 aliphatic carbocycles. The first kappa shape index (κ1) is 25.3. The van der Waals surface area contributed by atoms with Gasteiger partial charge in [-0.25, -0.2) is 4.98 Å². The van der Waals surface area contributed by atoms with Gasteiger partial charge in [-0.1, -0.05) is 12.1 Å². The highest BCUT2D eigenvalue weighted by atomic mass is 16.5. The van der Waals surface area contributed by atoms with Crippen LogP contribution in [0.3, 0.4) is 0 Å². The van der Waals surface area contributed by atoms with Crippen LogP contribution < -0.4 is 10.1 Å². The van der Waals surface area contributed by atoms with Crippen LogP contribution in [-0.4, -0.2) is 57.3 Å². The van der Waals surface area contributed by atoms with Gasteiger partial charge < -0.3 is 10.1 Å². The molecule has 0 radical (unpaired) electrons. The van der Waals surface area contributed by atoms with E-state index in [2.05, 4.69) is 15.3 Å². The third kappa shape index (κ3) is 6.11. The Hall–Kier alpha value is -4.40. The third-order valence-electron chi connectivity index (χ3n) is 6.88. The van der Waals surface area contributed by atoms with Gasteiger partial charge in [0.15, 0.2) is 0 Å². The maximum atomic E-state index is 12.7. The van der Waals surface area contributed by atoms with E-state index in [4.69, 9.17) is 9.72 Å². The molecule has 0 bridgehead atoms. The molecule has 1 fully saturated rings. The molecule has 0 atom stereocenters. The SMILES string of the molecule is O=C(NCCOc1cc(-c2ccccn2)nc(-c2ccccn2)c1)C1CCC(CN2C(=O)C=CC2=O)CC1. The quantitative estimate of drug-likeness (QED) is 0.346. The maximum Gasteiger partial charge on any atom is 0.253 e. The number of carbonyl (C=O) groups is 3. The Morgan fingerprint density at radius 1 is 0.868 bits per heavy atom. The van der Waals surface area contributed by atoms with Crippen LogP contribution in [-0.2, 0) is 14.4 Å². The number of aromatic nitrogens is 3. The zero-order valence-corrected chi connectivity index (χ0v) is 21.0. The Kier molecular flexibility index (Phi) is 7.82. The summed E-state index contributed by atoms with van der Waals surface area (Å²) in [4.78, 5) is 51.1. The van der Waals surface area contributed by atoms with Crippen LogP contribution in [0.25, 0.3) is 22.8 Å². The molecule has 9 heteroatoms. The van der Waals surface area contributed by atoms with E-state index in [1.54, 1.807) is 12.4 Å². The second-order valence-corrected chi connectivity index (χ2v) is 9.48.